The third-order valence-corrected chi connectivity index (χ3v) is 3.51. The number of aliphatic carboxylic acids is 1. The molecule has 18 heavy (non-hydrogen) atoms. The third-order valence-electron chi connectivity index (χ3n) is 2.18. The van der Waals surface area contributed by atoms with Gasteiger partial charge in [-0.15, -0.1) is 11.3 Å². The lowest BCUT2D eigenvalue weighted by molar-refractivity contribution is -0.137. The zero-order chi connectivity index (χ0) is 13.1. The Morgan fingerprint density at radius 3 is 3.06 bits per heavy atom. The van der Waals surface area contributed by atoms with Crippen molar-refractivity contribution in [2.75, 3.05) is 5.32 Å². The van der Waals surface area contributed by atoms with Gasteiger partial charge in [-0.1, -0.05) is 0 Å². The van der Waals surface area contributed by atoms with Crippen LogP contribution in [-0.2, 0) is 11.3 Å². The lowest BCUT2D eigenvalue weighted by Crippen LogP contribution is -2.25. The summed E-state index contributed by atoms with van der Waals surface area (Å²) in [5.41, 5.74) is 0. The van der Waals surface area contributed by atoms with Crippen molar-refractivity contribution >= 4 is 38.4 Å². The molecule has 0 aliphatic rings. The van der Waals surface area contributed by atoms with Crippen molar-refractivity contribution in [3.8, 4) is 0 Å². The molecule has 0 amide bonds. The summed E-state index contributed by atoms with van der Waals surface area (Å²) < 4.78 is 2.70. The molecule has 0 unspecified atom stereocenters. The molecule has 6 nitrogen and oxygen atoms in total. The number of rotatable bonds is 5. The van der Waals surface area contributed by atoms with Crippen LogP contribution in [0.4, 0.5) is 5.13 Å². The van der Waals surface area contributed by atoms with Crippen molar-refractivity contribution in [3.05, 3.63) is 27.9 Å². The summed E-state index contributed by atoms with van der Waals surface area (Å²) in [5, 5.41) is 16.4. The highest BCUT2D eigenvalue weighted by Gasteiger charge is 2.12. The van der Waals surface area contributed by atoms with Crippen LogP contribution in [0.1, 0.15) is 11.8 Å². The van der Waals surface area contributed by atoms with Gasteiger partial charge >= 0.3 is 5.97 Å². The SMILES string of the molecule is C[C@H](Nc1ncc(Cn2cc(Br)cn2)s1)C(=O)O. The highest BCUT2D eigenvalue weighted by atomic mass is 79.9. The predicted molar refractivity (Wildman–Crippen MR) is 71.9 cm³/mol. The monoisotopic (exact) mass is 330 g/mol. The van der Waals surface area contributed by atoms with Gasteiger partial charge in [0.25, 0.3) is 0 Å². The molecule has 2 aromatic heterocycles. The van der Waals surface area contributed by atoms with Gasteiger partial charge in [-0.3, -0.25) is 9.48 Å². The fraction of sp³-hybridized carbons (Fsp3) is 0.300. The maximum absolute atomic E-state index is 10.7. The Morgan fingerprint density at radius 2 is 2.44 bits per heavy atom. The van der Waals surface area contributed by atoms with Gasteiger partial charge in [0, 0.05) is 17.3 Å². The summed E-state index contributed by atoms with van der Waals surface area (Å²) in [4.78, 5) is 15.8. The highest BCUT2D eigenvalue weighted by Crippen LogP contribution is 2.20. The normalized spacial score (nSPS) is 12.3. The third kappa shape index (κ3) is 3.30. The molecule has 2 heterocycles. The molecule has 0 saturated carbocycles. The van der Waals surface area contributed by atoms with Crippen LogP contribution in [0.3, 0.4) is 0 Å². The number of anilines is 1. The average Bonchev–Trinajstić information content (AvgIpc) is 2.89. The first kappa shape index (κ1) is 13.0. The molecule has 2 aromatic rings. The molecule has 0 aromatic carbocycles. The minimum absolute atomic E-state index is 0.603. The van der Waals surface area contributed by atoms with E-state index < -0.39 is 12.0 Å². The maximum atomic E-state index is 10.7. The molecule has 0 aliphatic heterocycles. The van der Waals surface area contributed by atoms with Crippen LogP contribution in [-0.4, -0.2) is 31.9 Å². The second kappa shape index (κ2) is 5.49. The largest absolute Gasteiger partial charge is 0.480 e. The Kier molecular flexibility index (Phi) is 3.97. The first-order chi connectivity index (χ1) is 8.54. The summed E-state index contributed by atoms with van der Waals surface area (Å²) in [6, 6.07) is -0.650. The average molecular weight is 331 g/mol. The molecule has 0 aliphatic carbocycles. The van der Waals surface area contributed by atoms with Gasteiger partial charge in [-0.2, -0.15) is 5.10 Å². The first-order valence-corrected chi connectivity index (χ1v) is 6.77. The number of aromatic nitrogens is 3. The second-order valence-electron chi connectivity index (χ2n) is 3.69. The van der Waals surface area contributed by atoms with Crippen molar-refractivity contribution in [2.24, 2.45) is 0 Å². The standard InChI is InChI=1S/C10H11BrN4O2S/c1-6(9(16)17)14-10-12-3-8(18-10)5-15-4-7(11)2-13-15/h2-4,6H,5H2,1H3,(H,12,14)(H,16,17)/t6-/m0/s1. The molecular weight excluding hydrogens is 320 g/mol. The number of thiazole rings is 1. The van der Waals surface area contributed by atoms with Crippen molar-refractivity contribution in [1.29, 1.82) is 0 Å². The zero-order valence-corrected chi connectivity index (χ0v) is 11.9. The van der Waals surface area contributed by atoms with Gasteiger partial charge in [0.2, 0.25) is 0 Å². The van der Waals surface area contributed by atoms with Crippen molar-refractivity contribution in [1.82, 2.24) is 14.8 Å². The van der Waals surface area contributed by atoms with E-state index in [0.29, 0.717) is 11.7 Å². The Labute approximate surface area is 116 Å². The van der Waals surface area contributed by atoms with Crippen LogP contribution in [0.15, 0.2) is 23.1 Å². The number of nitrogens with one attached hydrogen (secondary N) is 1. The Morgan fingerprint density at radius 1 is 1.67 bits per heavy atom. The number of hydrogen-bond acceptors (Lipinski definition) is 5. The summed E-state index contributed by atoms with van der Waals surface area (Å²) >= 11 is 4.75. The zero-order valence-electron chi connectivity index (χ0n) is 9.50. The molecule has 0 bridgehead atoms. The van der Waals surface area contributed by atoms with Crippen LogP contribution < -0.4 is 5.32 Å². The van der Waals surface area contributed by atoms with Crippen LogP contribution >= 0.6 is 27.3 Å². The highest BCUT2D eigenvalue weighted by molar-refractivity contribution is 9.10. The molecule has 0 radical (unpaired) electrons. The number of carbonyl (C=O) groups is 1. The van der Waals surface area contributed by atoms with Crippen LogP contribution in [0.5, 0.6) is 0 Å². The number of halogens is 1. The molecule has 0 saturated heterocycles. The minimum atomic E-state index is -0.900. The lowest BCUT2D eigenvalue weighted by atomic mass is 10.4. The molecule has 0 fully saturated rings. The van der Waals surface area contributed by atoms with E-state index in [1.165, 1.54) is 11.3 Å². The molecule has 96 valence electrons. The molecule has 0 spiro atoms. The number of carboxylic acid groups (broad SMARTS) is 1. The van der Waals surface area contributed by atoms with E-state index in [2.05, 4.69) is 31.3 Å². The molecule has 8 heteroatoms. The van der Waals surface area contributed by atoms with Crippen molar-refractivity contribution in [2.45, 2.75) is 19.5 Å². The number of nitrogens with zero attached hydrogens (tertiary/aromatic N) is 3. The van der Waals surface area contributed by atoms with Gasteiger partial charge in [-0.05, 0) is 22.9 Å². The quantitative estimate of drug-likeness (QED) is 0.876. The topological polar surface area (TPSA) is 80.0 Å². The summed E-state index contributed by atoms with van der Waals surface area (Å²) in [6.07, 6.45) is 5.30. The summed E-state index contributed by atoms with van der Waals surface area (Å²) in [6.45, 7) is 2.19. The first-order valence-electron chi connectivity index (χ1n) is 5.16. The second-order valence-corrected chi connectivity index (χ2v) is 5.72. The number of hydrogen-bond donors (Lipinski definition) is 2. The van der Waals surface area contributed by atoms with E-state index in [0.717, 1.165) is 9.35 Å². The smallest absolute Gasteiger partial charge is 0.325 e. The minimum Gasteiger partial charge on any atom is -0.480 e. The van der Waals surface area contributed by atoms with E-state index >= 15 is 0 Å². The lowest BCUT2D eigenvalue weighted by Gasteiger charge is -2.06. The van der Waals surface area contributed by atoms with Gasteiger partial charge < -0.3 is 10.4 Å². The molecule has 1 atom stereocenters. The van der Waals surface area contributed by atoms with Gasteiger partial charge in [0.15, 0.2) is 5.13 Å². The van der Waals surface area contributed by atoms with Crippen LogP contribution in [0.2, 0.25) is 0 Å². The molecule has 2 N–H and O–H groups in total. The maximum Gasteiger partial charge on any atom is 0.325 e. The van der Waals surface area contributed by atoms with E-state index in [1.54, 1.807) is 24.0 Å². The van der Waals surface area contributed by atoms with Gasteiger partial charge in [0.05, 0.1) is 17.2 Å². The Hall–Kier alpha value is -1.41. The molecule has 2 rings (SSSR count). The van der Waals surface area contributed by atoms with Gasteiger partial charge in [0.1, 0.15) is 6.04 Å². The van der Waals surface area contributed by atoms with Crippen molar-refractivity contribution < 1.29 is 9.90 Å². The fourth-order valence-electron chi connectivity index (χ4n) is 1.28. The molecular formula is C10H11BrN4O2S. The summed E-state index contributed by atoms with van der Waals surface area (Å²) in [7, 11) is 0. The van der Waals surface area contributed by atoms with Crippen molar-refractivity contribution in [3.63, 3.8) is 0 Å². The fourth-order valence-corrected chi connectivity index (χ4v) is 2.50. The Balaban J connectivity index is 2.00. The van der Waals surface area contributed by atoms with E-state index in [-0.39, 0.29) is 0 Å². The van der Waals surface area contributed by atoms with E-state index in [1.807, 2.05) is 6.20 Å². The van der Waals surface area contributed by atoms with Crippen LogP contribution in [0, 0.1) is 0 Å². The van der Waals surface area contributed by atoms with E-state index in [9.17, 15) is 4.79 Å². The van der Waals surface area contributed by atoms with Crippen LogP contribution in [0.25, 0.3) is 0 Å². The van der Waals surface area contributed by atoms with Gasteiger partial charge in [-0.25, -0.2) is 4.98 Å². The predicted octanol–water partition coefficient (Wildman–Crippen LogP) is 2.04. The Bertz CT molecular complexity index is 554. The van der Waals surface area contributed by atoms with E-state index in [4.69, 9.17) is 5.11 Å². The summed E-state index contributed by atoms with van der Waals surface area (Å²) in [5.74, 6) is -0.900. The number of carboxylic acids is 1.